The summed E-state index contributed by atoms with van der Waals surface area (Å²) < 4.78 is 3.66. The van der Waals surface area contributed by atoms with Crippen molar-refractivity contribution in [3.05, 3.63) is 84.9 Å². The highest BCUT2D eigenvalue weighted by molar-refractivity contribution is 6.29. The van der Waals surface area contributed by atoms with Crippen molar-refractivity contribution in [1.82, 2.24) is 9.30 Å². The van der Waals surface area contributed by atoms with E-state index in [0.717, 1.165) is 38.1 Å². The molecule has 0 atom stereocenters. The molecule has 0 unspecified atom stereocenters. The lowest BCUT2D eigenvalue weighted by molar-refractivity contribution is 0.213. The van der Waals surface area contributed by atoms with Crippen molar-refractivity contribution in [2.45, 2.75) is 0 Å². The fourth-order valence-electron chi connectivity index (χ4n) is 5.34. The molecule has 0 aliphatic rings. The van der Waals surface area contributed by atoms with Crippen LogP contribution in [0.2, 0.25) is 0 Å². The van der Waals surface area contributed by atoms with E-state index in [-0.39, 0.29) is 0 Å². The van der Waals surface area contributed by atoms with E-state index in [2.05, 4.69) is 78.3 Å². The minimum atomic E-state index is 0.837. The molecule has 5 aromatic carbocycles. The van der Waals surface area contributed by atoms with Crippen molar-refractivity contribution in [3.63, 3.8) is 0 Å². The Morgan fingerprint density at radius 3 is 1.83 bits per heavy atom. The molecule has 0 amide bonds. The van der Waals surface area contributed by atoms with E-state index in [1.165, 1.54) is 31.8 Å². The molecule has 7 aromatic rings. The van der Waals surface area contributed by atoms with Gasteiger partial charge < -0.3 is 9.77 Å². The summed E-state index contributed by atoms with van der Waals surface area (Å²) in [5, 5.41) is 20.5. The van der Waals surface area contributed by atoms with Gasteiger partial charge in [0.05, 0.1) is 22.1 Å². The number of fused-ring (bicyclic) bond motifs is 11. The van der Waals surface area contributed by atoms with Crippen molar-refractivity contribution in [2.75, 3.05) is 0 Å². The molecule has 2 heterocycles. The highest BCUT2D eigenvalue weighted by Crippen LogP contribution is 2.41. The number of hydrogen-bond donors (Lipinski definition) is 1. The summed E-state index contributed by atoms with van der Waals surface area (Å²) in [4.78, 5) is 0. The molecule has 3 heteroatoms. The van der Waals surface area contributed by atoms with E-state index in [1.807, 2.05) is 18.2 Å². The summed E-state index contributed by atoms with van der Waals surface area (Å²) in [5.74, 6) is 0. The van der Waals surface area contributed by atoms with Crippen LogP contribution < -0.4 is 0 Å². The van der Waals surface area contributed by atoms with Gasteiger partial charge in [0.2, 0.25) is 0 Å². The smallest absolute Gasteiger partial charge is 0.0958 e. The predicted molar refractivity (Wildman–Crippen MR) is 126 cm³/mol. The Balaban J connectivity index is 1.80. The van der Waals surface area contributed by atoms with E-state index < -0.39 is 0 Å². The van der Waals surface area contributed by atoms with Crippen LogP contribution in [0, 0.1) is 0 Å². The molecule has 0 bridgehead atoms. The maximum Gasteiger partial charge on any atom is 0.0958 e. The van der Waals surface area contributed by atoms with Gasteiger partial charge in [0, 0.05) is 39.4 Å². The lowest BCUT2D eigenvalue weighted by Crippen LogP contribution is -1.90. The van der Waals surface area contributed by atoms with Crippen LogP contribution in [0.15, 0.2) is 84.9 Å². The van der Waals surface area contributed by atoms with Gasteiger partial charge in [-0.15, -0.1) is 0 Å². The fourth-order valence-corrected chi connectivity index (χ4v) is 5.34. The summed E-state index contributed by atoms with van der Waals surface area (Å²) in [6, 6.07) is 29.7. The number of aromatic nitrogens is 2. The van der Waals surface area contributed by atoms with Crippen LogP contribution in [-0.2, 0) is 7.05 Å². The van der Waals surface area contributed by atoms with Crippen molar-refractivity contribution >= 4 is 65.2 Å². The highest BCUT2D eigenvalue weighted by Gasteiger charge is 2.20. The van der Waals surface area contributed by atoms with Gasteiger partial charge in [-0.3, -0.25) is 0 Å². The number of hydrogen-bond acceptors (Lipinski definition) is 1. The number of rotatable bonds is 0. The van der Waals surface area contributed by atoms with Crippen LogP contribution >= 0.6 is 0 Å². The summed E-state index contributed by atoms with van der Waals surface area (Å²) >= 11 is 0. The molecule has 7 rings (SSSR count). The zero-order valence-corrected chi connectivity index (χ0v) is 16.4. The number of benzene rings is 5. The highest BCUT2D eigenvalue weighted by atomic mass is 16.5. The fraction of sp³-hybridized carbons (Fsp3) is 0.0370. The molecular formula is C27H18N2O. The van der Waals surface area contributed by atoms with Gasteiger partial charge in [-0.1, -0.05) is 72.8 Å². The van der Waals surface area contributed by atoms with Gasteiger partial charge in [0.15, 0.2) is 0 Å². The summed E-state index contributed by atoms with van der Waals surface area (Å²) in [5.41, 5.74) is 4.09. The lowest BCUT2D eigenvalue weighted by atomic mass is 10.0. The molecule has 30 heavy (non-hydrogen) atoms. The van der Waals surface area contributed by atoms with Crippen molar-refractivity contribution in [1.29, 1.82) is 0 Å². The molecule has 3 nitrogen and oxygen atoms in total. The summed E-state index contributed by atoms with van der Waals surface area (Å²) in [7, 11) is 2.14. The molecule has 0 aliphatic heterocycles. The third-order valence-corrected chi connectivity index (χ3v) is 6.63. The van der Waals surface area contributed by atoms with Crippen LogP contribution in [0.25, 0.3) is 65.2 Å². The average Bonchev–Trinajstić information content (AvgIpc) is 3.26. The Bertz CT molecular complexity index is 1820. The van der Waals surface area contributed by atoms with Gasteiger partial charge in [0.25, 0.3) is 0 Å². The molecule has 0 fully saturated rings. The first-order valence-electron chi connectivity index (χ1n) is 10.2. The second-order valence-electron chi connectivity index (χ2n) is 8.09. The third-order valence-electron chi connectivity index (χ3n) is 6.63. The normalized spacial score (nSPS) is 12.3. The van der Waals surface area contributed by atoms with E-state index in [0.29, 0.717) is 0 Å². The molecule has 0 radical (unpaired) electrons. The monoisotopic (exact) mass is 386 g/mol. The second-order valence-corrected chi connectivity index (χ2v) is 8.09. The van der Waals surface area contributed by atoms with Crippen molar-refractivity contribution in [3.8, 4) is 0 Å². The first-order chi connectivity index (χ1) is 14.7. The molecule has 0 saturated heterocycles. The molecule has 0 saturated carbocycles. The van der Waals surface area contributed by atoms with Gasteiger partial charge in [0.1, 0.15) is 0 Å². The van der Waals surface area contributed by atoms with E-state index in [1.54, 1.807) is 0 Å². The minimum absolute atomic E-state index is 0.837. The van der Waals surface area contributed by atoms with Gasteiger partial charge in [-0.05, 0) is 22.9 Å². The number of aryl methyl sites for hydroxylation is 1. The standard InChI is InChI=1S/C27H18N2O/c1-28-25-18-8-4-2-6-16(18)10-12-20(25)21-14-15-23-24(27(21)28)22-13-11-17-7-3-5-9-19(17)26(22)29(23)30/h2-15,30H,1H3. The molecule has 1 N–H and O–H groups in total. The minimum Gasteiger partial charge on any atom is -0.428 e. The third kappa shape index (κ3) is 1.76. The Hall–Kier alpha value is -3.98. The quantitative estimate of drug-likeness (QED) is 0.280. The first kappa shape index (κ1) is 15.9. The zero-order valence-electron chi connectivity index (χ0n) is 16.4. The lowest BCUT2D eigenvalue weighted by Gasteiger charge is -2.04. The molecule has 0 aliphatic carbocycles. The summed E-state index contributed by atoms with van der Waals surface area (Å²) in [6.45, 7) is 0. The predicted octanol–water partition coefficient (Wildman–Crippen LogP) is 6.98. The largest absolute Gasteiger partial charge is 0.428 e. The van der Waals surface area contributed by atoms with Crippen LogP contribution in [0.1, 0.15) is 0 Å². The van der Waals surface area contributed by atoms with Crippen molar-refractivity contribution in [2.24, 2.45) is 7.05 Å². The van der Waals surface area contributed by atoms with Crippen LogP contribution in [0.3, 0.4) is 0 Å². The maximum absolute atomic E-state index is 11.2. The second kappa shape index (κ2) is 5.33. The van der Waals surface area contributed by atoms with Crippen LogP contribution in [-0.4, -0.2) is 14.5 Å². The Morgan fingerprint density at radius 1 is 0.533 bits per heavy atom. The van der Waals surface area contributed by atoms with Gasteiger partial charge in [-0.25, -0.2) is 0 Å². The van der Waals surface area contributed by atoms with Crippen LogP contribution in [0.5, 0.6) is 0 Å². The SMILES string of the molecule is Cn1c2c3ccccc3ccc2c2ccc3c(c4ccc5ccccc5c4n3O)c21. The Kier molecular flexibility index (Phi) is 2.82. The molecular weight excluding hydrogens is 368 g/mol. The molecule has 142 valence electrons. The molecule has 0 spiro atoms. The molecule has 2 aromatic heterocycles. The van der Waals surface area contributed by atoms with E-state index >= 15 is 0 Å². The number of nitrogens with zero attached hydrogens (tertiary/aromatic N) is 2. The zero-order chi connectivity index (χ0) is 20.0. The van der Waals surface area contributed by atoms with Gasteiger partial charge >= 0.3 is 0 Å². The average molecular weight is 386 g/mol. The van der Waals surface area contributed by atoms with Crippen molar-refractivity contribution < 1.29 is 5.21 Å². The topological polar surface area (TPSA) is 30.1 Å². The van der Waals surface area contributed by atoms with Crippen LogP contribution in [0.4, 0.5) is 0 Å². The van der Waals surface area contributed by atoms with E-state index in [4.69, 9.17) is 0 Å². The maximum atomic E-state index is 11.2. The summed E-state index contributed by atoms with van der Waals surface area (Å²) in [6.07, 6.45) is 0. The Labute approximate surface area is 171 Å². The van der Waals surface area contributed by atoms with E-state index in [9.17, 15) is 5.21 Å². The van der Waals surface area contributed by atoms with Gasteiger partial charge in [-0.2, -0.15) is 4.73 Å². The first-order valence-corrected chi connectivity index (χ1v) is 10.2. The Morgan fingerprint density at radius 2 is 1.10 bits per heavy atom.